The van der Waals surface area contributed by atoms with Crippen molar-refractivity contribution in [2.75, 3.05) is 20.1 Å². The predicted molar refractivity (Wildman–Crippen MR) is 106 cm³/mol. The van der Waals surface area contributed by atoms with Crippen molar-refractivity contribution in [2.24, 2.45) is 5.92 Å². The molecule has 3 rings (SSSR count). The Morgan fingerprint density at radius 1 is 1.14 bits per heavy atom. The zero-order chi connectivity index (χ0) is 21.0. The molecule has 2 aromatic carbocycles. The van der Waals surface area contributed by atoms with Crippen LogP contribution in [-0.2, 0) is 21.4 Å². The first-order valence-corrected chi connectivity index (χ1v) is 10.7. The molecule has 6 nitrogen and oxygen atoms in total. The summed E-state index contributed by atoms with van der Waals surface area (Å²) in [6.45, 7) is 0.912. The van der Waals surface area contributed by atoms with E-state index in [2.05, 4.69) is 0 Å². The minimum Gasteiger partial charge on any atom is -0.341 e. The summed E-state index contributed by atoms with van der Waals surface area (Å²) in [4.78, 5) is 14.5. The monoisotopic (exact) mass is 415 g/mol. The van der Waals surface area contributed by atoms with Gasteiger partial charge in [0.05, 0.1) is 16.5 Å². The van der Waals surface area contributed by atoms with Crippen LogP contribution in [0.15, 0.2) is 53.4 Å². The molecule has 0 bridgehead atoms. The Balaban J connectivity index is 1.59. The molecule has 0 saturated carbocycles. The molecule has 8 heteroatoms. The zero-order valence-corrected chi connectivity index (χ0v) is 16.9. The Morgan fingerprint density at radius 2 is 1.72 bits per heavy atom. The van der Waals surface area contributed by atoms with Gasteiger partial charge in [-0.25, -0.2) is 12.8 Å². The van der Waals surface area contributed by atoms with Crippen molar-refractivity contribution in [3.8, 4) is 6.07 Å². The van der Waals surface area contributed by atoms with E-state index in [9.17, 15) is 17.6 Å². The van der Waals surface area contributed by atoms with Gasteiger partial charge in [0, 0.05) is 32.6 Å². The minimum atomic E-state index is -3.65. The second kappa shape index (κ2) is 8.72. The van der Waals surface area contributed by atoms with Gasteiger partial charge in [-0.3, -0.25) is 4.79 Å². The molecule has 1 saturated heterocycles. The largest absolute Gasteiger partial charge is 0.341 e. The highest BCUT2D eigenvalue weighted by Gasteiger charge is 2.33. The summed E-state index contributed by atoms with van der Waals surface area (Å²) >= 11 is 0. The molecule has 152 valence electrons. The summed E-state index contributed by atoms with van der Waals surface area (Å²) in [5.74, 6) is -0.601. The van der Waals surface area contributed by atoms with Crippen LogP contribution in [0.2, 0.25) is 0 Å². The third-order valence-electron chi connectivity index (χ3n) is 5.13. The number of halogens is 1. The Hall–Kier alpha value is -2.76. The lowest BCUT2D eigenvalue weighted by atomic mass is 9.96. The summed E-state index contributed by atoms with van der Waals surface area (Å²) in [5.41, 5.74) is 1.24. The van der Waals surface area contributed by atoms with E-state index in [1.54, 1.807) is 24.1 Å². The Labute approximate surface area is 170 Å². The first-order valence-electron chi connectivity index (χ1n) is 9.31. The standard InChI is InChI=1S/C21H22FN3O3S/c1-24(15-17-2-6-19(22)7-3-17)21(26)18-10-12-25(13-11-18)29(27,28)20-8-4-16(14-23)5-9-20/h2-9,18H,10-13,15H2,1H3. The fourth-order valence-corrected chi connectivity index (χ4v) is 4.92. The summed E-state index contributed by atoms with van der Waals surface area (Å²) < 4.78 is 40.0. The van der Waals surface area contributed by atoms with E-state index in [1.807, 2.05) is 6.07 Å². The fraction of sp³-hybridized carbons (Fsp3) is 0.333. The number of carbonyl (C=O) groups excluding carboxylic acids is 1. The third-order valence-corrected chi connectivity index (χ3v) is 7.05. The molecule has 0 aliphatic carbocycles. The topological polar surface area (TPSA) is 81.5 Å². The molecular formula is C21H22FN3O3S. The van der Waals surface area contributed by atoms with Gasteiger partial charge in [-0.1, -0.05) is 12.1 Å². The average Bonchev–Trinajstić information content (AvgIpc) is 2.75. The number of amides is 1. The molecule has 1 aliphatic rings. The molecule has 1 aliphatic heterocycles. The first kappa shape index (κ1) is 21.0. The number of piperidine rings is 1. The van der Waals surface area contributed by atoms with Gasteiger partial charge in [-0.15, -0.1) is 0 Å². The van der Waals surface area contributed by atoms with E-state index < -0.39 is 10.0 Å². The molecule has 0 atom stereocenters. The van der Waals surface area contributed by atoms with E-state index >= 15 is 0 Å². The van der Waals surface area contributed by atoms with Gasteiger partial charge >= 0.3 is 0 Å². The van der Waals surface area contributed by atoms with Crippen LogP contribution in [0, 0.1) is 23.1 Å². The van der Waals surface area contributed by atoms with E-state index in [1.165, 1.54) is 40.7 Å². The number of nitriles is 1. The summed E-state index contributed by atoms with van der Waals surface area (Å²) in [5, 5.41) is 8.85. The summed E-state index contributed by atoms with van der Waals surface area (Å²) in [6.07, 6.45) is 0.893. The quantitative estimate of drug-likeness (QED) is 0.752. The first-order chi connectivity index (χ1) is 13.8. The van der Waals surface area contributed by atoms with Crippen LogP contribution in [0.4, 0.5) is 4.39 Å². The van der Waals surface area contributed by atoms with Gasteiger partial charge in [0.2, 0.25) is 15.9 Å². The minimum absolute atomic E-state index is 0.0373. The van der Waals surface area contributed by atoms with E-state index in [0.29, 0.717) is 24.9 Å². The molecule has 1 fully saturated rings. The number of nitrogens with zero attached hydrogens (tertiary/aromatic N) is 3. The van der Waals surface area contributed by atoms with Gasteiger partial charge in [-0.05, 0) is 54.8 Å². The number of hydrogen-bond acceptors (Lipinski definition) is 4. The normalized spacial score (nSPS) is 15.6. The van der Waals surface area contributed by atoms with Crippen molar-refractivity contribution in [1.82, 2.24) is 9.21 Å². The lowest BCUT2D eigenvalue weighted by Gasteiger charge is -2.32. The fourth-order valence-electron chi connectivity index (χ4n) is 3.45. The molecule has 29 heavy (non-hydrogen) atoms. The van der Waals surface area contributed by atoms with Crippen molar-refractivity contribution in [1.29, 1.82) is 5.26 Å². The molecule has 0 N–H and O–H groups in total. The van der Waals surface area contributed by atoms with Crippen molar-refractivity contribution in [3.05, 3.63) is 65.5 Å². The number of carbonyl (C=O) groups is 1. The van der Waals surface area contributed by atoms with Crippen LogP contribution >= 0.6 is 0 Å². The van der Waals surface area contributed by atoms with E-state index in [4.69, 9.17) is 5.26 Å². The van der Waals surface area contributed by atoms with Crippen molar-refractivity contribution >= 4 is 15.9 Å². The summed E-state index contributed by atoms with van der Waals surface area (Å²) in [7, 11) is -1.95. The highest BCUT2D eigenvalue weighted by atomic mass is 32.2. The average molecular weight is 415 g/mol. The highest BCUT2D eigenvalue weighted by molar-refractivity contribution is 7.89. The number of hydrogen-bond donors (Lipinski definition) is 0. The van der Waals surface area contributed by atoms with Crippen LogP contribution in [-0.4, -0.2) is 43.7 Å². The van der Waals surface area contributed by atoms with Crippen LogP contribution in [0.1, 0.15) is 24.0 Å². The Kier molecular flexibility index (Phi) is 6.30. The van der Waals surface area contributed by atoms with Gasteiger partial charge in [0.1, 0.15) is 5.82 Å². The lowest BCUT2D eigenvalue weighted by Crippen LogP contribution is -2.43. The third kappa shape index (κ3) is 4.81. The zero-order valence-electron chi connectivity index (χ0n) is 16.1. The van der Waals surface area contributed by atoms with Gasteiger partial charge < -0.3 is 4.90 Å². The second-order valence-corrected chi connectivity index (χ2v) is 9.07. The second-order valence-electron chi connectivity index (χ2n) is 7.14. The number of benzene rings is 2. The van der Waals surface area contributed by atoms with Gasteiger partial charge in [-0.2, -0.15) is 9.57 Å². The van der Waals surface area contributed by atoms with Crippen LogP contribution in [0.25, 0.3) is 0 Å². The van der Waals surface area contributed by atoms with Crippen LogP contribution in [0.3, 0.4) is 0 Å². The Bertz CT molecular complexity index is 1010. The maximum absolute atomic E-state index is 13.0. The molecule has 0 unspecified atom stereocenters. The maximum atomic E-state index is 13.0. The van der Waals surface area contributed by atoms with E-state index in [-0.39, 0.29) is 35.6 Å². The molecule has 0 radical (unpaired) electrons. The molecule has 0 aromatic heterocycles. The summed E-state index contributed by atoms with van der Waals surface area (Å²) in [6, 6.07) is 13.8. The van der Waals surface area contributed by atoms with Crippen molar-refractivity contribution in [3.63, 3.8) is 0 Å². The molecule has 1 heterocycles. The van der Waals surface area contributed by atoms with Crippen LogP contribution in [0.5, 0.6) is 0 Å². The van der Waals surface area contributed by atoms with Gasteiger partial charge in [0.25, 0.3) is 0 Å². The smallest absolute Gasteiger partial charge is 0.243 e. The van der Waals surface area contributed by atoms with E-state index in [0.717, 1.165) is 5.56 Å². The highest BCUT2D eigenvalue weighted by Crippen LogP contribution is 2.25. The van der Waals surface area contributed by atoms with Crippen molar-refractivity contribution in [2.45, 2.75) is 24.3 Å². The predicted octanol–water partition coefficient (Wildman–Crippen LogP) is 2.76. The Morgan fingerprint density at radius 3 is 2.28 bits per heavy atom. The molecule has 1 amide bonds. The van der Waals surface area contributed by atoms with Crippen molar-refractivity contribution < 1.29 is 17.6 Å². The number of sulfonamides is 1. The van der Waals surface area contributed by atoms with Gasteiger partial charge in [0.15, 0.2) is 0 Å². The van der Waals surface area contributed by atoms with Crippen LogP contribution < -0.4 is 0 Å². The maximum Gasteiger partial charge on any atom is 0.243 e. The SMILES string of the molecule is CN(Cc1ccc(F)cc1)C(=O)C1CCN(S(=O)(=O)c2ccc(C#N)cc2)CC1. The molecule has 0 spiro atoms. The molecular weight excluding hydrogens is 393 g/mol. The lowest BCUT2D eigenvalue weighted by molar-refractivity contribution is -0.135. The molecule has 2 aromatic rings. The number of rotatable bonds is 5.